The second kappa shape index (κ2) is 6.33. The lowest BCUT2D eigenvalue weighted by atomic mass is 9.78. The summed E-state index contributed by atoms with van der Waals surface area (Å²) in [4.78, 5) is 5.42. The van der Waals surface area contributed by atoms with Gasteiger partial charge >= 0.3 is 0 Å². The van der Waals surface area contributed by atoms with Gasteiger partial charge in [-0.05, 0) is 51.0 Å². The normalized spacial score (nSPS) is 41.5. The highest BCUT2D eigenvalue weighted by Crippen LogP contribution is 2.35. The Bertz CT molecular complexity index is 319. The molecule has 5 unspecified atom stereocenters. The molecule has 20 heavy (non-hydrogen) atoms. The minimum absolute atomic E-state index is 0.644. The Morgan fingerprint density at radius 2 is 1.90 bits per heavy atom. The molecular formula is C17H33N3. The van der Waals surface area contributed by atoms with Gasteiger partial charge in [-0.3, -0.25) is 9.80 Å². The van der Waals surface area contributed by atoms with E-state index in [0.717, 1.165) is 30.5 Å². The number of nitrogens with zero attached hydrogens (tertiary/aromatic N) is 2. The fourth-order valence-corrected chi connectivity index (χ4v) is 5.11. The predicted octanol–water partition coefficient (Wildman–Crippen LogP) is 2.31. The molecule has 116 valence electrons. The van der Waals surface area contributed by atoms with Crippen molar-refractivity contribution in [3.63, 3.8) is 0 Å². The van der Waals surface area contributed by atoms with Crippen LogP contribution in [0.1, 0.15) is 51.9 Å². The molecule has 0 aromatic heterocycles. The first-order chi connectivity index (χ1) is 9.69. The molecule has 3 fully saturated rings. The second-order valence-corrected chi connectivity index (χ2v) is 7.67. The van der Waals surface area contributed by atoms with E-state index in [-0.39, 0.29) is 0 Å². The Labute approximate surface area is 124 Å². The zero-order valence-electron chi connectivity index (χ0n) is 13.4. The van der Waals surface area contributed by atoms with Gasteiger partial charge in [0.15, 0.2) is 0 Å². The van der Waals surface area contributed by atoms with Crippen LogP contribution in [0.4, 0.5) is 0 Å². The van der Waals surface area contributed by atoms with Gasteiger partial charge in [-0.1, -0.05) is 19.8 Å². The molecular weight excluding hydrogens is 246 g/mol. The Kier molecular flexibility index (Phi) is 4.68. The summed E-state index contributed by atoms with van der Waals surface area (Å²) in [7, 11) is 2.34. The van der Waals surface area contributed by atoms with Crippen LogP contribution in [-0.2, 0) is 0 Å². The van der Waals surface area contributed by atoms with E-state index < -0.39 is 0 Å². The third-order valence-electron chi connectivity index (χ3n) is 6.41. The predicted molar refractivity (Wildman–Crippen MR) is 84.7 cm³/mol. The largest absolute Gasteiger partial charge is 0.329 e. The number of hydrogen-bond donors (Lipinski definition) is 1. The van der Waals surface area contributed by atoms with Crippen molar-refractivity contribution in [3.05, 3.63) is 0 Å². The molecule has 0 aromatic rings. The van der Waals surface area contributed by atoms with Gasteiger partial charge < -0.3 is 5.73 Å². The molecule has 3 nitrogen and oxygen atoms in total. The van der Waals surface area contributed by atoms with Crippen molar-refractivity contribution in [1.82, 2.24) is 9.80 Å². The maximum atomic E-state index is 6.21. The van der Waals surface area contributed by atoms with E-state index in [4.69, 9.17) is 5.73 Å². The van der Waals surface area contributed by atoms with Gasteiger partial charge in [0.25, 0.3) is 0 Å². The minimum atomic E-state index is 0.644. The first kappa shape index (κ1) is 14.8. The van der Waals surface area contributed by atoms with Crippen molar-refractivity contribution in [2.45, 2.75) is 70.0 Å². The minimum Gasteiger partial charge on any atom is -0.329 e. The van der Waals surface area contributed by atoms with Crippen LogP contribution in [0.3, 0.4) is 0 Å². The van der Waals surface area contributed by atoms with Crippen LogP contribution >= 0.6 is 0 Å². The number of hydrogen-bond acceptors (Lipinski definition) is 3. The van der Waals surface area contributed by atoms with E-state index in [2.05, 4.69) is 23.8 Å². The number of fused-ring (bicyclic) bond motifs is 2. The SMILES string of the molecule is CC1CCCC(C(CN)N2CCC3CCC(C2)N3C)C1. The molecule has 2 saturated heterocycles. The average molecular weight is 279 g/mol. The molecule has 3 rings (SSSR count). The number of likely N-dealkylation sites (N-methyl/N-ethyl adjacent to an activating group) is 1. The summed E-state index contributed by atoms with van der Waals surface area (Å²) >= 11 is 0. The molecule has 0 spiro atoms. The molecule has 0 radical (unpaired) electrons. The lowest BCUT2D eigenvalue weighted by Gasteiger charge is -2.40. The van der Waals surface area contributed by atoms with E-state index in [1.165, 1.54) is 58.0 Å². The molecule has 3 aliphatic rings. The third-order valence-corrected chi connectivity index (χ3v) is 6.41. The first-order valence-corrected chi connectivity index (χ1v) is 8.85. The van der Waals surface area contributed by atoms with E-state index in [0.29, 0.717) is 6.04 Å². The lowest BCUT2D eigenvalue weighted by Crippen LogP contribution is -2.50. The van der Waals surface area contributed by atoms with Crippen LogP contribution in [0.5, 0.6) is 0 Å². The van der Waals surface area contributed by atoms with Gasteiger partial charge in [0.05, 0.1) is 0 Å². The first-order valence-electron chi connectivity index (χ1n) is 8.85. The van der Waals surface area contributed by atoms with Gasteiger partial charge in [0.1, 0.15) is 0 Å². The average Bonchev–Trinajstić information content (AvgIpc) is 2.67. The maximum absolute atomic E-state index is 6.21. The molecule has 1 saturated carbocycles. The van der Waals surface area contributed by atoms with Crippen LogP contribution in [0.25, 0.3) is 0 Å². The lowest BCUT2D eigenvalue weighted by molar-refractivity contribution is 0.0981. The van der Waals surface area contributed by atoms with Crippen molar-refractivity contribution in [1.29, 1.82) is 0 Å². The number of likely N-dealkylation sites (tertiary alicyclic amines) is 1. The van der Waals surface area contributed by atoms with Gasteiger partial charge in [0.2, 0.25) is 0 Å². The van der Waals surface area contributed by atoms with Crippen LogP contribution in [0.2, 0.25) is 0 Å². The summed E-state index contributed by atoms with van der Waals surface area (Å²) in [5.74, 6) is 1.76. The third kappa shape index (κ3) is 2.90. The van der Waals surface area contributed by atoms with Crippen molar-refractivity contribution in [2.24, 2.45) is 17.6 Å². The molecule has 0 aromatic carbocycles. The Hall–Kier alpha value is -0.120. The summed E-state index contributed by atoms with van der Waals surface area (Å²) in [6, 6.07) is 2.27. The fourth-order valence-electron chi connectivity index (χ4n) is 5.11. The molecule has 1 aliphatic carbocycles. The van der Waals surface area contributed by atoms with E-state index in [1.54, 1.807) is 0 Å². The van der Waals surface area contributed by atoms with Gasteiger partial charge in [-0.2, -0.15) is 0 Å². The summed E-state index contributed by atoms with van der Waals surface area (Å²) in [5, 5.41) is 0. The van der Waals surface area contributed by atoms with Gasteiger partial charge in [-0.15, -0.1) is 0 Å². The maximum Gasteiger partial charge on any atom is 0.0247 e. The molecule has 2 aliphatic heterocycles. The van der Waals surface area contributed by atoms with Gasteiger partial charge in [0, 0.05) is 37.8 Å². The summed E-state index contributed by atoms with van der Waals surface area (Å²) in [5.41, 5.74) is 6.21. The molecule has 5 atom stereocenters. The number of rotatable bonds is 3. The van der Waals surface area contributed by atoms with E-state index in [9.17, 15) is 0 Å². The Balaban J connectivity index is 1.66. The van der Waals surface area contributed by atoms with E-state index >= 15 is 0 Å². The standard InChI is InChI=1S/C17H33N3/c1-13-4-3-5-14(10-13)17(11-18)20-9-8-15-6-7-16(12-20)19(15)2/h13-17H,3-12,18H2,1-2H3. The van der Waals surface area contributed by atoms with Crippen molar-refractivity contribution >= 4 is 0 Å². The Morgan fingerprint density at radius 3 is 2.65 bits per heavy atom. The summed E-state index contributed by atoms with van der Waals surface area (Å²) in [6.07, 6.45) is 9.84. The van der Waals surface area contributed by atoms with Crippen LogP contribution < -0.4 is 5.73 Å². The molecule has 2 heterocycles. The smallest absolute Gasteiger partial charge is 0.0247 e. The molecule has 3 heteroatoms. The van der Waals surface area contributed by atoms with Crippen LogP contribution in [0.15, 0.2) is 0 Å². The van der Waals surface area contributed by atoms with Crippen LogP contribution in [0, 0.1) is 11.8 Å². The molecule has 2 bridgehead atoms. The van der Waals surface area contributed by atoms with Crippen molar-refractivity contribution in [2.75, 3.05) is 26.7 Å². The highest BCUT2D eigenvalue weighted by Gasteiger charge is 2.38. The molecule has 0 amide bonds. The second-order valence-electron chi connectivity index (χ2n) is 7.67. The highest BCUT2D eigenvalue weighted by molar-refractivity contribution is 4.94. The van der Waals surface area contributed by atoms with Crippen LogP contribution in [-0.4, -0.2) is 54.6 Å². The zero-order chi connectivity index (χ0) is 14.1. The van der Waals surface area contributed by atoms with E-state index in [1.807, 2.05) is 0 Å². The monoisotopic (exact) mass is 279 g/mol. The van der Waals surface area contributed by atoms with Crippen molar-refractivity contribution in [3.8, 4) is 0 Å². The topological polar surface area (TPSA) is 32.5 Å². The highest BCUT2D eigenvalue weighted by atomic mass is 15.3. The van der Waals surface area contributed by atoms with Crippen molar-refractivity contribution < 1.29 is 0 Å². The fraction of sp³-hybridized carbons (Fsp3) is 1.00. The summed E-state index contributed by atoms with van der Waals surface area (Å²) < 4.78 is 0. The zero-order valence-corrected chi connectivity index (χ0v) is 13.4. The quantitative estimate of drug-likeness (QED) is 0.860. The molecule has 2 N–H and O–H groups in total. The number of nitrogens with two attached hydrogens (primary N) is 1. The summed E-state index contributed by atoms with van der Waals surface area (Å²) in [6.45, 7) is 5.83. The van der Waals surface area contributed by atoms with Gasteiger partial charge in [-0.25, -0.2) is 0 Å². The Morgan fingerprint density at radius 1 is 1.10 bits per heavy atom.